The maximum atomic E-state index is 2.36. The molecule has 0 aliphatic rings. The number of anilines is 6. The summed E-state index contributed by atoms with van der Waals surface area (Å²) < 4.78 is 0. The van der Waals surface area contributed by atoms with Crippen molar-refractivity contribution in [3.8, 4) is 0 Å². The molecule has 0 aliphatic carbocycles. The molecule has 0 aliphatic heterocycles. The first-order valence-corrected chi connectivity index (χ1v) is 17.7. The van der Waals surface area contributed by atoms with E-state index in [9.17, 15) is 0 Å². The summed E-state index contributed by atoms with van der Waals surface area (Å²) in [5.74, 6) is 0. The van der Waals surface area contributed by atoms with Crippen LogP contribution >= 0.6 is 0 Å². The van der Waals surface area contributed by atoms with Gasteiger partial charge in [0.05, 0.1) is 0 Å². The molecule has 0 saturated carbocycles. The molecular formula is C46H48N2. The fraction of sp³-hybridized carbons (Fsp3) is 0.217. The number of nitrogens with zero attached hydrogens (tertiary/aromatic N) is 2. The minimum Gasteiger partial charge on any atom is -0.311 e. The van der Waals surface area contributed by atoms with Crippen molar-refractivity contribution in [1.29, 1.82) is 0 Å². The minimum absolute atomic E-state index is 0.997. The van der Waals surface area contributed by atoms with Crippen LogP contribution in [0.4, 0.5) is 34.1 Å². The van der Waals surface area contributed by atoms with Crippen molar-refractivity contribution in [3.63, 3.8) is 0 Å². The normalized spacial score (nSPS) is 11.0. The van der Waals surface area contributed by atoms with Crippen LogP contribution in [0, 0.1) is 0 Å². The second kappa shape index (κ2) is 15.7. The number of hydrogen-bond acceptors (Lipinski definition) is 2. The lowest BCUT2D eigenvalue weighted by molar-refractivity contribution is 0.959. The van der Waals surface area contributed by atoms with E-state index in [1.807, 2.05) is 0 Å². The average molecular weight is 629 g/mol. The molecule has 0 aromatic heterocycles. The third-order valence-corrected chi connectivity index (χ3v) is 9.50. The number of aryl methyl sites for hydroxylation is 6. The minimum atomic E-state index is 0.997. The second-order valence-electron chi connectivity index (χ2n) is 12.6. The van der Waals surface area contributed by atoms with Crippen molar-refractivity contribution < 1.29 is 0 Å². The molecule has 0 atom stereocenters. The summed E-state index contributed by atoms with van der Waals surface area (Å²) in [5.41, 5.74) is 15.2. The van der Waals surface area contributed by atoms with Crippen LogP contribution in [0.1, 0.15) is 61.1 Å². The molecule has 2 heteroatoms. The Morgan fingerprint density at radius 3 is 0.583 bits per heavy atom. The van der Waals surface area contributed by atoms with Crippen LogP contribution in [0.3, 0.4) is 0 Å². The Kier molecular flexibility index (Phi) is 10.7. The maximum absolute atomic E-state index is 2.36. The van der Waals surface area contributed by atoms with Gasteiger partial charge in [-0.1, -0.05) is 100 Å². The van der Waals surface area contributed by atoms with Crippen LogP contribution in [0.5, 0.6) is 0 Å². The Balaban J connectivity index is 1.19. The van der Waals surface area contributed by atoms with Crippen LogP contribution in [-0.4, -0.2) is 0 Å². The third-order valence-electron chi connectivity index (χ3n) is 9.50. The topological polar surface area (TPSA) is 6.48 Å². The first kappa shape index (κ1) is 32.8. The lowest BCUT2D eigenvalue weighted by atomic mass is 10.0. The molecule has 6 aromatic rings. The van der Waals surface area contributed by atoms with E-state index in [1.165, 1.54) is 67.5 Å². The smallest absolute Gasteiger partial charge is 0.0461 e. The molecule has 2 nitrogen and oxygen atoms in total. The largest absolute Gasteiger partial charge is 0.311 e. The molecule has 0 fully saturated rings. The van der Waals surface area contributed by atoms with Gasteiger partial charge in [-0.15, -0.1) is 0 Å². The Bertz CT molecular complexity index is 1610. The molecule has 0 amide bonds. The Morgan fingerprint density at radius 2 is 0.417 bits per heavy atom. The van der Waals surface area contributed by atoms with Gasteiger partial charge in [-0.3, -0.25) is 0 Å². The first-order chi connectivity index (χ1) is 23.6. The molecule has 0 saturated heterocycles. The molecular weight excluding hydrogens is 581 g/mol. The standard InChI is InChI=1S/C46H48N2/c1-5-35-11-23-41(24-12-35)47(42-25-13-36(6-2)14-26-42)45-31-19-39(20-32-45)9-10-40-21-33-46(34-22-40)48(43-27-15-37(7-3)16-28-43)44-29-17-38(8-4)18-30-44/h11-34H,5-10H2,1-4H3. The Morgan fingerprint density at radius 1 is 0.250 bits per heavy atom. The molecule has 0 N–H and O–H groups in total. The highest BCUT2D eigenvalue weighted by molar-refractivity contribution is 5.78. The van der Waals surface area contributed by atoms with E-state index >= 15 is 0 Å². The van der Waals surface area contributed by atoms with Gasteiger partial charge in [-0.2, -0.15) is 0 Å². The summed E-state index contributed by atoms with van der Waals surface area (Å²) in [5, 5.41) is 0. The predicted molar refractivity (Wildman–Crippen MR) is 207 cm³/mol. The van der Waals surface area contributed by atoms with Crippen LogP contribution < -0.4 is 9.80 Å². The van der Waals surface area contributed by atoms with Gasteiger partial charge in [0.2, 0.25) is 0 Å². The highest BCUT2D eigenvalue weighted by Gasteiger charge is 2.14. The van der Waals surface area contributed by atoms with Gasteiger partial charge in [0.25, 0.3) is 0 Å². The van der Waals surface area contributed by atoms with Crippen molar-refractivity contribution in [1.82, 2.24) is 0 Å². The summed E-state index contributed by atoms with van der Waals surface area (Å²) in [6.45, 7) is 8.82. The molecule has 0 radical (unpaired) electrons. The summed E-state index contributed by atoms with van der Waals surface area (Å²) in [6, 6.07) is 54.1. The molecule has 0 heterocycles. The van der Waals surface area contributed by atoms with Crippen molar-refractivity contribution in [2.24, 2.45) is 0 Å². The quantitative estimate of drug-likeness (QED) is 0.126. The lowest BCUT2D eigenvalue weighted by Gasteiger charge is -2.26. The molecule has 6 aromatic carbocycles. The number of rotatable bonds is 13. The fourth-order valence-corrected chi connectivity index (χ4v) is 6.33. The van der Waals surface area contributed by atoms with Crippen molar-refractivity contribution in [2.75, 3.05) is 9.80 Å². The molecule has 48 heavy (non-hydrogen) atoms. The molecule has 0 unspecified atom stereocenters. The zero-order chi connectivity index (χ0) is 33.3. The summed E-state index contributed by atoms with van der Waals surface area (Å²) in [4.78, 5) is 4.72. The zero-order valence-corrected chi connectivity index (χ0v) is 29.0. The molecule has 0 bridgehead atoms. The van der Waals surface area contributed by atoms with Crippen molar-refractivity contribution in [3.05, 3.63) is 179 Å². The van der Waals surface area contributed by atoms with Gasteiger partial charge in [0.15, 0.2) is 0 Å². The fourth-order valence-electron chi connectivity index (χ4n) is 6.33. The molecule has 6 rings (SSSR count). The predicted octanol–water partition coefficient (Wildman–Crippen LogP) is 12.7. The molecule has 242 valence electrons. The molecule has 0 spiro atoms. The van der Waals surface area contributed by atoms with Crippen LogP contribution in [0.25, 0.3) is 0 Å². The Labute approximate surface area is 288 Å². The van der Waals surface area contributed by atoms with Crippen molar-refractivity contribution >= 4 is 34.1 Å². The van der Waals surface area contributed by atoms with Crippen LogP contribution in [0.15, 0.2) is 146 Å². The maximum Gasteiger partial charge on any atom is 0.0461 e. The van der Waals surface area contributed by atoms with E-state index in [2.05, 4.69) is 183 Å². The summed E-state index contributed by atoms with van der Waals surface area (Å²) in [6.07, 6.45) is 6.16. The van der Waals surface area contributed by atoms with Gasteiger partial charge < -0.3 is 9.80 Å². The van der Waals surface area contributed by atoms with E-state index in [-0.39, 0.29) is 0 Å². The van der Waals surface area contributed by atoms with Gasteiger partial charge in [0, 0.05) is 34.1 Å². The van der Waals surface area contributed by atoms with Gasteiger partial charge in [-0.05, 0) is 145 Å². The van der Waals surface area contributed by atoms with E-state index in [0.29, 0.717) is 0 Å². The highest BCUT2D eigenvalue weighted by atomic mass is 15.1. The average Bonchev–Trinajstić information content (AvgIpc) is 3.16. The Hall–Kier alpha value is -5.08. The summed E-state index contributed by atoms with van der Waals surface area (Å²) >= 11 is 0. The third kappa shape index (κ3) is 7.72. The number of hydrogen-bond donors (Lipinski definition) is 0. The van der Waals surface area contributed by atoms with Crippen LogP contribution in [0.2, 0.25) is 0 Å². The van der Waals surface area contributed by atoms with E-state index < -0.39 is 0 Å². The monoisotopic (exact) mass is 628 g/mol. The van der Waals surface area contributed by atoms with Crippen molar-refractivity contribution in [2.45, 2.75) is 66.2 Å². The van der Waals surface area contributed by atoms with E-state index in [1.54, 1.807) is 0 Å². The van der Waals surface area contributed by atoms with Gasteiger partial charge in [0.1, 0.15) is 0 Å². The SMILES string of the molecule is CCc1ccc(N(c2ccc(CC)cc2)c2ccc(CCc3ccc(N(c4ccc(CC)cc4)c4ccc(CC)cc4)cc3)cc2)cc1. The highest BCUT2D eigenvalue weighted by Crippen LogP contribution is 2.36. The first-order valence-electron chi connectivity index (χ1n) is 17.7. The van der Waals surface area contributed by atoms with Crippen LogP contribution in [-0.2, 0) is 38.5 Å². The van der Waals surface area contributed by atoms with Gasteiger partial charge in [-0.25, -0.2) is 0 Å². The zero-order valence-electron chi connectivity index (χ0n) is 29.0. The lowest BCUT2D eigenvalue weighted by Crippen LogP contribution is -2.10. The second-order valence-corrected chi connectivity index (χ2v) is 12.6. The van der Waals surface area contributed by atoms with E-state index in [4.69, 9.17) is 0 Å². The van der Waals surface area contributed by atoms with Gasteiger partial charge >= 0.3 is 0 Å². The summed E-state index contributed by atoms with van der Waals surface area (Å²) in [7, 11) is 0. The van der Waals surface area contributed by atoms with E-state index in [0.717, 1.165) is 38.5 Å². The number of benzene rings is 6.